The lowest BCUT2D eigenvalue weighted by molar-refractivity contribution is -0.107. The largest absolute Gasteiger partial charge is 0.388 e. The Morgan fingerprint density at radius 3 is 0.848 bits per heavy atom. The van der Waals surface area contributed by atoms with E-state index in [4.69, 9.17) is 66.3 Å². The third kappa shape index (κ3) is 7.57. The molecule has 0 amide bonds. The fraction of sp³-hybridized carbons (Fsp3) is 1.00. The summed E-state index contributed by atoms with van der Waals surface area (Å²) < 4.78 is 81.3. The molecule has 8 heterocycles. The van der Waals surface area contributed by atoms with Gasteiger partial charge in [0.25, 0.3) is 0 Å². The van der Waals surface area contributed by atoms with Gasteiger partial charge in [-0.3, -0.25) is 0 Å². The third-order valence-corrected chi connectivity index (χ3v) is 9.70. The van der Waals surface area contributed by atoms with Crippen LogP contribution in [0.25, 0.3) is 0 Å². The Kier molecular flexibility index (Phi) is 10.4. The van der Waals surface area contributed by atoms with Crippen molar-refractivity contribution in [1.29, 1.82) is 0 Å². The number of rotatable bonds is 18. The van der Waals surface area contributed by atoms with Gasteiger partial charge >= 0.3 is 0 Å². The van der Waals surface area contributed by atoms with E-state index in [-0.39, 0.29) is 112 Å². The fourth-order valence-electron chi connectivity index (χ4n) is 6.97. The van der Waals surface area contributed by atoms with Crippen molar-refractivity contribution in [2.75, 3.05) is 92.5 Å². The highest BCUT2D eigenvalue weighted by Gasteiger charge is 2.52. The highest BCUT2D eigenvalue weighted by molar-refractivity contribution is 4.98. The molecule has 8 rings (SSSR count). The average molecular weight is 663 g/mol. The first-order valence-corrected chi connectivity index (χ1v) is 16.6. The lowest BCUT2D eigenvalue weighted by Crippen LogP contribution is -2.38. The molecule has 0 radical (unpaired) electrons. The quantitative estimate of drug-likeness (QED) is 0.144. The first-order chi connectivity index (χ1) is 22.6. The van der Waals surface area contributed by atoms with Crippen LogP contribution in [0, 0.1) is 0 Å². The molecular formula is C30H46O16. The topological polar surface area (TPSA) is 176 Å². The van der Waals surface area contributed by atoms with Crippen LogP contribution in [-0.4, -0.2) is 200 Å². The summed E-state index contributed by atoms with van der Waals surface area (Å²) in [4.78, 5) is 0. The van der Waals surface area contributed by atoms with Gasteiger partial charge in [-0.2, -0.15) is 0 Å². The van der Waals surface area contributed by atoms with Crippen LogP contribution in [0.15, 0.2) is 0 Å². The first kappa shape index (κ1) is 32.6. The van der Waals surface area contributed by atoms with Crippen LogP contribution < -0.4 is 0 Å². The van der Waals surface area contributed by atoms with Crippen LogP contribution in [-0.2, 0) is 66.3 Å². The number of aliphatic hydroxyl groups excluding tert-OH is 2. The van der Waals surface area contributed by atoms with Gasteiger partial charge in [-0.25, -0.2) is 0 Å². The molecule has 16 atom stereocenters. The van der Waals surface area contributed by atoms with Gasteiger partial charge in [-0.05, 0) is 0 Å². The lowest BCUT2D eigenvalue weighted by Gasteiger charge is -2.22. The minimum atomic E-state index is -0.840. The Morgan fingerprint density at radius 2 is 0.609 bits per heavy atom. The maximum absolute atomic E-state index is 10.5. The molecule has 2 N–H and O–H groups in total. The molecule has 0 bridgehead atoms. The monoisotopic (exact) mass is 662 g/mol. The van der Waals surface area contributed by atoms with Crippen LogP contribution in [0.1, 0.15) is 0 Å². The molecule has 262 valence electrons. The molecule has 0 aliphatic carbocycles. The zero-order valence-electron chi connectivity index (χ0n) is 25.7. The SMILES string of the molecule is OC(COC1COC2C(OCC(O)COC3COC4C(OCC5CO5)COC34)COC12)COC1COC2C(OCC3CO3)COC12. The molecule has 8 aliphatic heterocycles. The van der Waals surface area contributed by atoms with Gasteiger partial charge in [0, 0.05) is 0 Å². The van der Waals surface area contributed by atoms with E-state index in [2.05, 4.69) is 0 Å². The van der Waals surface area contributed by atoms with Crippen LogP contribution >= 0.6 is 0 Å². The molecule has 8 fully saturated rings. The van der Waals surface area contributed by atoms with Gasteiger partial charge in [-0.1, -0.05) is 0 Å². The Labute approximate surface area is 266 Å². The summed E-state index contributed by atoms with van der Waals surface area (Å²) in [6.07, 6.45) is -4.27. The van der Waals surface area contributed by atoms with Gasteiger partial charge in [0.15, 0.2) is 0 Å². The molecule has 16 unspecified atom stereocenters. The summed E-state index contributed by atoms with van der Waals surface area (Å²) in [6, 6.07) is 0. The van der Waals surface area contributed by atoms with Crippen molar-refractivity contribution >= 4 is 0 Å². The number of aliphatic hydroxyl groups is 2. The van der Waals surface area contributed by atoms with Gasteiger partial charge in [0.2, 0.25) is 0 Å². The number of epoxide rings is 2. The van der Waals surface area contributed by atoms with Crippen LogP contribution in [0.3, 0.4) is 0 Å². The normalized spacial score (nSPS) is 46.8. The Bertz CT molecular complexity index is 909. The second-order valence-corrected chi connectivity index (χ2v) is 13.2. The summed E-state index contributed by atoms with van der Waals surface area (Å²) in [5, 5.41) is 21.1. The highest BCUT2D eigenvalue weighted by atomic mass is 16.7. The van der Waals surface area contributed by atoms with Crippen LogP contribution in [0.4, 0.5) is 0 Å². The average Bonchev–Trinajstić information content (AvgIpc) is 3.66. The molecule has 16 nitrogen and oxygen atoms in total. The number of hydrogen-bond donors (Lipinski definition) is 2. The maximum Gasteiger partial charge on any atom is 0.115 e. The lowest BCUT2D eigenvalue weighted by atomic mass is 10.1. The zero-order valence-corrected chi connectivity index (χ0v) is 25.7. The second-order valence-electron chi connectivity index (χ2n) is 13.2. The summed E-state index contributed by atoms with van der Waals surface area (Å²) >= 11 is 0. The maximum atomic E-state index is 10.5. The van der Waals surface area contributed by atoms with Crippen molar-refractivity contribution < 1.29 is 76.5 Å². The van der Waals surface area contributed by atoms with E-state index in [1.165, 1.54) is 0 Å². The highest BCUT2D eigenvalue weighted by Crippen LogP contribution is 2.34. The van der Waals surface area contributed by atoms with E-state index in [0.29, 0.717) is 52.9 Å². The van der Waals surface area contributed by atoms with Gasteiger partial charge in [0.05, 0.1) is 92.5 Å². The van der Waals surface area contributed by atoms with Gasteiger partial charge < -0.3 is 76.5 Å². The zero-order chi connectivity index (χ0) is 31.0. The van der Waals surface area contributed by atoms with Crippen molar-refractivity contribution in [3.63, 3.8) is 0 Å². The molecule has 0 aromatic heterocycles. The number of hydrogen-bond acceptors (Lipinski definition) is 16. The summed E-state index contributed by atoms with van der Waals surface area (Å²) in [5.41, 5.74) is 0. The summed E-state index contributed by atoms with van der Waals surface area (Å²) in [6.45, 7) is 5.19. The molecule has 0 aromatic rings. The molecule has 8 saturated heterocycles. The predicted molar refractivity (Wildman–Crippen MR) is 148 cm³/mol. The Balaban J connectivity index is 0.695. The van der Waals surface area contributed by atoms with Crippen molar-refractivity contribution in [2.45, 2.75) is 97.7 Å². The molecular weight excluding hydrogens is 616 g/mol. The van der Waals surface area contributed by atoms with Gasteiger partial charge in [-0.15, -0.1) is 0 Å². The minimum absolute atomic E-state index is 0.0656. The van der Waals surface area contributed by atoms with E-state index >= 15 is 0 Å². The fourth-order valence-corrected chi connectivity index (χ4v) is 6.97. The van der Waals surface area contributed by atoms with Gasteiger partial charge in [0.1, 0.15) is 97.7 Å². The molecule has 16 heteroatoms. The van der Waals surface area contributed by atoms with E-state index in [0.717, 1.165) is 13.2 Å². The smallest absolute Gasteiger partial charge is 0.115 e. The predicted octanol–water partition coefficient (Wildman–Crippen LogP) is -2.79. The molecule has 0 aromatic carbocycles. The number of ether oxygens (including phenoxy) is 14. The summed E-state index contributed by atoms with van der Waals surface area (Å²) in [5.74, 6) is 0. The number of fused-ring (bicyclic) bond motifs is 3. The minimum Gasteiger partial charge on any atom is -0.388 e. The first-order valence-electron chi connectivity index (χ1n) is 16.6. The van der Waals surface area contributed by atoms with E-state index < -0.39 is 12.2 Å². The van der Waals surface area contributed by atoms with E-state index in [9.17, 15) is 10.2 Å². The molecule has 46 heavy (non-hydrogen) atoms. The Hall–Kier alpha value is -0.640. The van der Waals surface area contributed by atoms with Crippen molar-refractivity contribution in [2.24, 2.45) is 0 Å². The summed E-state index contributed by atoms with van der Waals surface area (Å²) in [7, 11) is 0. The van der Waals surface area contributed by atoms with Crippen LogP contribution in [0.2, 0.25) is 0 Å². The molecule has 0 spiro atoms. The van der Waals surface area contributed by atoms with Crippen molar-refractivity contribution in [1.82, 2.24) is 0 Å². The van der Waals surface area contributed by atoms with E-state index in [1.807, 2.05) is 0 Å². The third-order valence-electron chi connectivity index (χ3n) is 9.70. The molecule has 8 aliphatic rings. The Morgan fingerprint density at radius 1 is 0.370 bits per heavy atom. The second kappa shape index (κ2) is 14.7. The van der Waals surface area contributed by atoms with Crippen molar-refractivity contribution in [3.05, 3.63) is 0 Å². The van der Waals surface area contributed by atoms with Crippen molar-refractivity contribution in [3.8, 4) is 0 Å². The van der Waals surface area contributed by atoms with E-state index in [1.54, 1.807) is 0 Å². The van der Waals surface area contributed by atoms with Crippen LogP contribution in [0.5, 0.6) is 0 Å². The molecule has 0 saturated carbocycles. The standard InChI is InChI=1S/C30H46O16/c31-15(3-37-21-11-43-29-23(13-45-27(21)29)39-7-17-5-33-17)1-35-19-9-41-26-20(10-42-25(19)26)36-2-16(32)4-38-22-12-44-30-24(14-46-28(22)30)40-8-18-6-34-18/h15-32H,1-14H2.